The van der Waals surface area contributed by atoms with Gasteiger partial charge in [0.15, 0.2) is 5.13 Å². The van der Waals surface area contributed by atoms with Crippen molar-refractivity contribution in [3.63, 3.8) is 0 Å². The van der Waals surface area contributed by atoms with E-state index in [0.29, 0.717) is 15.9 Å². The molecule has 142 valence electrons. The molecule has 0 saturated carbocycles. The quantitative estimate of drug-likeness (QED) is 0.781. The Hall–Kier alpha value is -1.31. The van der Waals surface area contributed by atoms with Gasteiger partial charge in [0, 0.05) is 24.9 Å². The molecule has 0 spiro atoms. The summed E-state index contributed by atoms with van der Waals surface area (Å²) in [6, 6.07) is 0. The van der Waals surface area contributed by atoms with E-state index in [1.54, 1.807) is 0 Å². The van der Waals surface area contributed by atoms with Crippen LogP contribution in [-0.2, 0) is 13.0 Å². The zero-order valence-electron chi connectivity index (χ0n) is 16.0. The van der Waals surface area contributed by atoms with E-state index in [0.717, 1.165) is 48.4 Å². The number of carbonyl (C=O) groups is 1. The molecule has 1 aliphatic heterocycles. The van der Waals surface area contributed by atoms with Crippen LogP contribution >= 0.6 is 22.7 Å². The molecule has 1 amide bonds. The Bertz CT molecular complexity index is 753. The summed E-state index contributed by atoms with van der Waals surface area (Å²) in [6.07, 6.45) is 3.49. The summed E-state index contributed by atoms with van der Waals surface area (Å²) in [4.78, 5) is 24.9. The zero-order chi connectivity index (χ0) is 18.7. The third-order valence-electron chi connectivity index (χ3n) is 4.53. The minimum Gasteiger partial charge on any atom is -0.297 e. The molecule has 1 aliphatic rings. The van der Waals surface area contributed by atoms with Crippen LogP contribution in [0, 0.1) is 18.8 Å². The molecule has 1 fully saturated rings. The number of anilines is 1. The molecule has 0 bridgehead atoms. The third kappa shape index (κ3) is 5.11. The number of thiazole rings is 2. The average molecular weight is 393 g/mol. The van der Waals surface area contributed by atoms with Crippen LogP contribution < -0.4 is 5.32 Å². The highest BCUT2D eigenvalue weighted by molar-refractivity contribution is 7.15. The van der Waals surface area contributed by atoms with Crippen molar-refractivity contribution in [3.05, 3.63) is 26.7 Å². The fourth-order valence-corrected chi connectivity index (χ4v) is 5.22. The minimum absolute atomic E-state index is 0.0949. The zero-order valence-corrected chi connectivity index (χ0v) is 17.7. The molecule has 1 atom stereocenters. The summed E-state index contributed by atoms with van der Waals surface area (Å²) < 4.78 is 0. The molecule has 3 rings (SSSR count). The highest BCUT2D eigenvalue weighted by atomic mass is 32.1. The van der Waals surface area contributed by atoms with E-state index in [1.165, 1.54) is 35.5 Å². The second-order valence-corrected chi connectivity index (χ2v) is 9.64. The number of nitrogens with one attached hydrogen (secondary N) is 1. The fourth-order valence-electron chi connectivity index (χ4n) is 3.35. The second-order valence-electron chi connectivity index (χ2n) is 7.70. The van der Waals surface area contributed by atoms with Gasteiger partial charge in [-0.1, -0.05) is 20.8 Å². The smallest absolute Gasteiger partial charge is 0.269 e. The van der Waals surface area contributed by atoms with Gasteiger partial charge in [-0.05, 0) is 38.1 Å². The van der Waals surface area contributed by atoms with Gasteiger partial charge in [-0.15, -0.1) is 22.7 Å². The predicted octanol–water partition coefficient (Wildman–Crippen LogP) is 4.59. The minimum atomic E-state index is -0.0949. The lowest BCUT2D eigenvalue weighted by Gasteiger charge is -2.30. The van der Waals surface area contributed by atoms with E-state index in [1.807, 2.05) is 6.92 Å². The number of piperidine rings is 1. The van der Waals surface area contributed by atoms with Crippen molar-refractivity contribution in [3.8, 4) is 0 Å². The first kappa shape index (κ1) is 19.5. The van der Waals surface area contributed by atoms with Crippen molar-refractivity contribution >= 4 is 33.7 Å². The Kier molecular flexibility index (Phi) is 6.42. The largest absolute Gasteiger partial charge is 0.297 e. The molecule has 7 heteroatoms. The number of amides is 1. The van der Waals surface area contributed by atoms with E-state index in [-0.39, 0.29) is 5.91 Å². The van der Waals surface area contributed by atoms with Crippen LogP contribution in [0.4, 0.5) is 5.13 Å². The maximum Gasteiger partial charge on any atom is 0.269 e. The summed E-state index contributed by atoms with van der Waals surface area (Å²) in [5.74, 6) is 1.20. The van der Waals surface area contributed by atoms with Gasteiger partial charge in [-0.3, -0.25) is 15.0 Å². The van der Waals surface area contributed by atoms with Crippen molar-refractivity contribution in [2.45, 2.75) is 53.5 Å². The number of hydrogen-bond donors (Lipinski definition) is 1. The van der Waals surface area contributed by atoms with Gasteiger partial charge in [0.05, 0.1) is 16.4 Å². The van der Waals surface area contributed by atoms with Crippen LogP contribution in [-0.4, -0.2) is 33.9 Å². The third-order valence-corrected chi connectivity index (χ3v) is 6.51. The Morgan fingerprint density at radius 3 is 2.96 bits per heavy atom. The lowest BCUT2D eigenvalue weighted by atomic mass is 10.0. The standard InChI is InChI=1S/C19H28N4OS2/c1-12(2)8-16-20-14(4)17(26-16)18(24)22-19-21-15(11-25-19)10-23-7-5-6-13(3)9-23/h11-13H,5-10H2,1-4H3,(H,21,22,24). The van der Waals surface area contributed by atoms with Gasteiger partial charge in [-0.2, -0.15) is 0 Å². The van der Waals surface area contributed by atoms with E-state index < -0.39 is 0 Å². The van der Waals surface area contributed by atoms with Gasteiger partial charge < -0.3 is 0 Å². The molecule has 0 aliphatic carbocycles. The molecule has 5 nitrogen and oxygen atoms in total. The van der Waals surface area contributed by atoms with Gasteiger partial charge in [0.2, 0.25) is 0 Å². The topological polar surface area (TPSA) is 58.1 Å². The molecule has 1 N–H and O–H groups in total. The highest BCUT2D eigenvalue weighted by Crippen LogP contribution is 2.24. The Morgan fingerprint density at radius 1 is 1.42 bits per heavy atom. The average Bonchev–Trinajstić information content (AvgIpc) is 3.13. The maximum absolute atomic E-state index is 12.6. The summed E-state index contributed by atoms with van der Waals surface area (Å²) >= 11 is 3.00. The van der Waals surface area contributed by atoms with Crippen LogP contribution in [0.15, 0.2) is 5.38 Å². The maximum atomic E-state index is 12.6. The molecule has 1 saturated heterocycles. The number of likely N-dealkylation sites (tertiary alicyclic amines) is 1. The monoisotopic (exact) mass is 392 g/mol. The number of hydrogen-bond acceptors (Lipinski definition) is 6. The summed E-state index contributed by atoms with van der Waals surface area (Å²) in [5.41, 5.74) is 1.85. The molecular weight excluding hydrogens is 364 g/mol. The number of nitrogens with zero attached hydrogens (tertiary/aromatic N) is 3. The molecule has 3 heterocycles. The number of carbonyl (C=O) groups excluding carboxylic acids is 1. The molecule has 26 heavy (non-hydrogen) atoms. The lowest BCUT2D eigenvalue weighted by molar-refractivity contribution is 0.103. The van der Waals surface area contributed by atoms with Crippen molar-refractivity contribution in [2.75, 3.05) is 18.4 Å². The van der Waals surface area contributed by atoms with E-state index in [2.05, 4.69) is 46.3 Å². The summed E-state index contributed by atoms with van der Waals surface area (Å²) in [7, 11) is 0. The molecule has 1 unspecified atom stereocenters. The Balaban J connectivity index is 1.60. The first-order valence-electron chi connectivity index (χ1n) is 9.35. The molecule has 0 aromatic carbocycles. The Morgan fingerprint density at radius 2 is 2.23 bits per heavy atom. The van der Waals surface area contributed by atoms with Gasteiger partial charge in [0.25, 0.3) is 5.91 Å². The molecular formula is C19H28N4OS2. The van der Waals surface area contributed by atoms with Crippen LogP contribution in [0.1, 0.15) is 59.7 Å². The second kappa shape index (κ2) is 8.59. The van der Waals surface area contributed by atoms with Crippen LogP contribution in [0.2, 0.25) is 0 Å². The van der Waals surface area contributed by atoms with Gasteiger partial charge in [-0.25, -0.2) is 9.97 Å². The van der Waals surface area contributed by atoms with Crippen molar-refractivity contribution < 1.29 is 4.79 Å². The summed E-state index contributed by atoms with van der Waals surface area (Å²) in [6.45, 7) is 11.7. The van der Waals surface area contributed by atoms with E-state index in [4.69, 9.17) is 0 Å². The lowest BCUT2D eigenvalue weighted by Crippen LogP contribution is -2.33. The van der Waals surface area contributed by atoms with Gasteiger partial charge in [0.1, 0.15) is 4.88 Å². The number of rotatable bonds is 6. The fraction of sp³-hybridized carbons (Fsp3) is 0.632. The number of aryl methyl sites for hydroxylation is 1. The molecule has 2 aromatic rings. The van der Waals surface area contributed by atoms with Crippen molar-refractivity contribution in [1.29, 1.82) is 0 Å². The first-order valence-corrected chi connectivity index (χ1v) is 11.0. The van der Waals surface area contributed by atoms with E-state index >= 15 is 0 Å². The highest BCUT2D eigenvalue weighted by Gasteiger charge is 2.19. The van der Waals surface area contributed by atoms with Crippen molar-refractivity contribution in [2.24, 2.45) is 11.8 Å². The summed E-state index contributed by atoms with van der Waals surface area (Å²) in [5, 5.41) is 6.71. The normalized spacial score (nSPS) is 18.4. The Labute approximate surface area is 163 Å². The van der Waals surface area contributed by atoms with Crippen molar-refractivity contribution in [1.82, 2.24) is 14.9 Å². The van der Waals surface area contributed by atoms with Crippen LogP contribution in [0.5, 0.6) is 0 Å². The van der Waals surface area contributed by atoms with Gasteiger partial charge >= 0.3 is 0 Å². The predicted molar refractivity (Wildman–Crippen MR) is 109 cm³/mol. The number of aromatic nitrogens is 2. The SMILES string of the molecule is Cc1nc(CC(C)C)sc1C(=O)Nc1nc(CN2CCCC(C)C2)cs1. The van der Waals surface area contributed by atoms with Crippen LogP contribution in [0.3, 0.4) is 0 Å². The molecule has 0 radical (unpaired) electrons. The molecule has 2 aromatic heterocycles. The van der Waals surface area contributed by atoms with E-state index in [9.17, 15) is 4.79 Å². The van der Waals surface area contributed by atoms with Crippen LogP contribution in [0.25, 0.3) is 0 Å². The first-order chi connectivity index (χ1) is 12.4.